The van der Waals surface area contributed by atoms with Crippen LogP contribution in [0, 0.1) is 12.7 Å². The van der Waals surface area contributed by atoms with Crippen molar-refractivity contribution in [3.8, 4) is 22.2 Å². The maximum absolute atomic E-state index is 13.9. The van der Waals surface area contributed by atoms with Gasteiger partial charge in [0.1, 0.15) is 27.8 Å². The average Bonchev–Trinajstić information content (AvgIpc) is 3.97. The van der Waals surface area contributed by atoms with Gasteiger partial charge in [-0.15, -0.1) is 21.5 Å². The Morgan fingerprint density at radius 1 is 0.873 bits per heavy atom. The highest BCUT2D eigenvalue weighted by Crippen LogP contribution is 2.29. The maximum Gasteiger partial charge on any atom is 0.407 e. The molecule has 5 N–H and O–H groups in total. The van der Waals surface area contributed by atoms with Crippen LogP contribution in [0.1, 0.15) is 42.3 Å². The number of aryl methyl sites for hydroxylation is 1. The van der Waals surface area contributed by atoms with Gasteiger partial charge in [0.05, 0.1) is 19.4 Å². The van der Waals surface area contributed by atoms with Crippen LogP contribution in [-0.4, -0.2) is 66.6 Å². The van der Waals surface area contributed by atoms with Crippen molar-refractivity contribution in [2.75, 3.05) is 11.5 Å². The van der Waals surface area contributed by atoms with Gasteiger partial charge in [0.25, 0.3) is 0 Å². The SMILES string of the molecule is CC(C)(C)OC(=O)NCc1cccc(Cn2nnc3c(-c4ccco4)nc(N)nc32)c1.Cc1cnc(-c2nc(N)nc3c2nnn3Cc2ccccc2F)s1. The zero-order chi connectivity index (χ0) is 38.7. The summed E-state index contributed by atoms with van der Waals surface area (Å²) in [6.45, 7) is 8.40. The summed E-state index contributed by atoms with van der Waals surface area (Å²) < 4.78 is 27.7. The Morgan fingerprint density at radius 2 is 1.55 bits per heavy atom. The van der Waals surface area contributed by atoms with Crippen molar-refractivity contribution in [1.82, 2.24) is 60.2 Å². The molecular weight excluding hydrogens is 728 g/mol. The molecule has 0 saturated heterocycles. The minimum Gasteiger partial charge on any atom is -0.463 e. The number of aromatic nitrogens is 11. The number of carbonyl (C=O) groups is 1. The number of carbonyl (C=O) groups excluding carboxylic acids is 1. The van der Waals surface area contributed by atoms with Crippen molar-refractivity contribution in [3.05, 3.63) is 101 Å². The lowest BCUT2D eigenvalue weighted by Gasteiger charge is -2.19. The fourth-order valence-corrected chi connectivity index (χ4v) is 6.20. The van der Waals surface area contributed by atoms with E-state index in [1.165, 1.54) is 22.1 Å². The molecule has 8 aromatic rings. The average molecular weight is 763 g/mol. The smallest absolute Gasteiger partial charge is 0.407 e. The first-order chi connectivity index (χ1) is 26.4. The zero-order valence-corrected chi connectivity index (χ0v) is 31.0. The number of alkyl carbamates (subject to hydrolysis) is 1. The molecule has 6 heterocycles. The molecule has 6 aromatic heterocycles. The van der Waals surface area contributed by atoms with Gasteiger partial charge in [-0.05, 0) is 57.0 Å². The molecule has 1 amide bonds. The Balaban J connectivity index is 0.000000174. The van der Waals surface area contributed by atoms with Gasteiger partial charge in [0, 0.05) is 23.2 Å². The van der Waals surface area contributed by atoms with Crippen LogP contribution in [0.4, 0.5) is 21.1 Å². The third-order valence-electron chi connectivity index (χ3n) is 7.78. The van der Waals surface area contributed by atoms with Gasteiger partial charge in [-0.25, -0.2) is 33.5 Å². The molecule has 0 saturated carbocycles. The Labute approximate surface area is 316 Å². The number of nitrogens with zero attached hydrogens (tertiary/aromatic N) is 11. The van der Waals surface area contributed by atoms with E-state index in [0.29, 0.717) is 63.1 Å². The minimum absolute atomic E-state index is 0.0995. The standard InChI is InChI=1S/C21H23N7O3.C15H12FN7S/c1-21(2,3)31-20(29)23-11-13-6-4-7-14(10-13)12-28-18-17(26-27-28)16(24-19(22)25-18)15-8-5-9-30-15;1-8-6-18-14(24-8)12-11-13(20-15(17)19-12)23(22-21-11)7-9-4-2-3-5-10(9)16/h4-10H,11-12H2,1-3H3,(H,23,29)(H2,22,24,25);2-6H,7H2,1H3,(H2,17,19,20). The highest BCUT2D eigenvalue weighted by Gasteiger charge is 2.20. The lowest BCUT2D eigenvalue weighted by atomic mass is 10.1. The zero-order valence-electron chi connectivity index (χ0n) is 30.1. The van der Waals surface area contributed by atoms with E-state index in [1.807, 2.05) is 52.0 Å². The summed E-state index contributed by atoms with van der Waals surface area (Å²) in [4.78, 5) is 34.3. The maximum atomic E-state index is 13.9. The van der Waals surface area contributed by atoms with Gasteiger partial charge in [0.15, 0.2) is 28.1 Å². The molecule has 55 heavy (non-hydrogen) atoms. The molecule has 0 bridgehead atoms. The summed E-state index contributed by atoms with van der Waals surface area (Å²) in [6.07, 6.45) is 2.85. The quantitative estimate of drug-likeness (QED) is 0.172. The summed E-state index contributed by atoms with van der Waals surface area (Å²) in [7, 11) is 0. The van der Waals surface area contributed by atoms with Crippen molar-refractivity contribution in [1.29, 1.82) is 0 Å². The van der Waals surface area contributed by atoms with Crippen LogP contribution in [0.15, 0.2) is 77.5 Å². The van der Waals surface area contributed by atoms with Crippen LogP contribution in [-0.2, 0) is 24.4 Å². The van der Waals surface area contributed by atoms with Crippen LogP contribution in [0.25, 0.3) is 44.5 Å². The third-order valence-corrected chi connectivity index (χ3v) is 8.70. The van der Waals surface area contributed by atoms with Gasteiger partial charge >= 0.3 is 6.09 Å². The number of amides is 1. The van der Waals surface area contributed by atoms with Crippen LogP contribution < -0.4 is 16.8 Å². The predicted molar refractivity (Wildman–Crippen MR) is 203 cm³/mol. The summed E-state index contributed by atoms with van der Waals surface area (Å²) in [5, 5.41) is 20.1. The lowest BCUT2D eigenvalue weighted by Crippen LogP contribution is -2.32. The van der Waals surface area contributed by atoms with Gasteiger partial charge in [0.2, 0.25) is 11.9 Å². The molecule has 0 aliphatic rings. The fourth-order valence-electron chi connectivity index (χ4n) is 5.44. The predicted octanol–water partition coefficient (Wildman–Crippen LogP) is 5.56. The van der Waals surface area contributed by atoms with E-state index >= 15 is 0 Å². The Bertz CT molecular complexity index is 2610. The number of benzene rings is 2. The third kappa shape index (κ3) is 8.51. The Hall–Kier alpha value is -6.89. The molecule has 0 aliphatic heterocycles. The van der Waals surface area contributed by atoms with Crippen molar-refractivity contribution >= 4 is 51.7 Å². The monoisotopic (exact) mass is 762 g/mol. The molecule has 8 rings (SSSR count). The van der Waals surface area contributed by atoms with Crippen LogP contribution in [0.2, 0.25) is 0 Å². The van der Waals surface area contributed by atoms with Crippen molar-refractivity contribution in [3.63, 3.8) is 0 Å². The van der Waals surface area contributed by atoms with E-state index in [2.05, 4.69) is 50.9 Å². The van der Waals surface area contributed by atoms with E-state index in [9.17, 15) is 9.18 Å². The number of fused-ring (bicyclic) bond motifs is 2. The number of ether oxygens (including phenoxy) is 1. The second-order valence-corrected chi connectivity index (χ2v) is 14.5. The molecule has 2 aromatic carbocycles. The van der Waals surface area contributed by atoms with Gasteiger partial charge in [-0.2, -0.15) is 9.97 Å². The number of nitrogen functional groups attached to an aromatic ring is 2. The number of nitrogens with two attached hydrogens (primary N) is 2. The molecule has 280 valence electrons. The second-order valence-electron chi connectivity index (χ2n) is 13.2. The number of rotatable bonds is 8. The summed E-state index contributed by atoms with van der Waals surface area (Å²) >= 11 is 1.49. The molecule has 0 atom stereocenters. The molecule has 0 fully saturated rings. The van der Waals surface area contributed by atoms with Gasteiger partial charge < -0.3 is 25.9 Å². The normalized spacial score (nSPS) is 11.4. The molecular formula is C36H35FN14O3S. The second kappa shape index (κ2) is 15.2. The van der Waals surface area contributed by atoms with E-state index < -0.39 is 11.7 Å². The Morgan fingerprint density at radius 3 is 2.20 bits per heavy atom. The molecule has 0 spiro atoms. The van der Waals surface area contributed by atoms with E-state index in [1.54, 1.807) is 47.5 Å². The number of hydrogen-bond acceptors (Lipinski definition) is 15. The minimum atomic E-state index is -0.543. The van der Waals surface area contributed by atoms with Crippen molar-refractivity contribution in [2.45, 2.75) is 52.9 Å². The summed E-state index contributed by atoms with van der Waals surface area (Å²) in [6, 6.07) is 17.8. The number of hydrogen-bond donors (Lipinski definition) is 3. The first-order valence-electron chi connectivity index (χ1n) is 16.9. The van der Waals surface area contributed by atoms with Crippen molar-refractivity contribution in [2.24, 2.45) is 0 Å². The molecule has 19 heteroatoms. The number of halogens is 1. The molecule has 17 nitrogen and oxygen atoms in total. The first-order valence-corrected chi connectivity index (χ1v) is 17.7. The van der Waals surface area contributed by atoms with Gasteiger partial charge in [-0.3, -0.25) is 0 Å². The fraction of sp³-hybridized carbons (Fsp3) is 0.222. The van der Waals surface area contributed by atoms with E-state index in [-0.39, 0.29) is 24.3 Å². The molecule has 0 aliphatic carbocycles. The number of thiazole rings is 1. The van der Waals surface area contributed by atoms with E-state index in [0.717, 1.165) is 16.0 Å². The molecule has 0 unspecified atom stereocenters. The Kier molecular flexibility index (Phi) is 10.1. The van der Waals surface area contributed by atoms with E-state index in [4.69, 9.17) is 20.6 Å². The van der Waals surface area contributed by atoms with Crippen LogP contribution in [0.3, 0.4) is 0 Å². The van der Waals surface area contributed by atoms with Gasteiger partial charge in [-0.1, -0.05) is 52.9 Å². The van der Waals surface area contributed by atoms with Crippen molar-refractivity contribution < 1.29 is 18.3 Å². The molecule has 0 radical (unpaired) electrons. The summed E-state index contributed by atoms with van der Waals surface area (Å²) in [5.74, 6) is 0.445. The topological polar surface area (TPSA) is 229 Å². The summed E-state index contributed by atoms with van der Waals surface area (Å²) in [5.41, 5.74) is 16.6. The number of anilines is 2. The highest BCUT2D eigenvalue weighted by molar-refractivity contribution is 7.15. The number of nitrogens with one attached hydrogen (secondary N) is 1. The highest BCUT2D eigenvalue weighted by atomic mass is 32.1. The lowest BCUT2D eigenvalue weighted by molar-refractivity contribution is 0.0523. The number of furan rings is 1. The largest absolute Gasteiger partial charge is 0.463 e. The first kappa shape index (κ1) is 36.5. The van der Waals surface area contributed by atoms with Crippen LogP contribution in [0.5, 0.6) is 0 Å². The van der Waals surface area contributed by atoms with Crippen LogP contribution >= 0.6 is 11.3 Å².